The molecule has 0 bridgehead atoms. The number of nitrogens with zero attached hydrogens (tertiary/aromatic N) is 4. The third kappa shape index (κ3) is 3.51. The second kappa shape index (κ2) is 6.07. The number of halogens is 3. The van der Waals surface area contributed by atoms with E-state index in [9.17, 15) is 31.7 Å². The zero-order chi connectivity index (χ0) is 20.0. The van der Waals surface area contributed by atoms with E-state index in [0.717, 1.165) is 16.8 Å². The highest BCUT2D eigenvalue weighted by Crippen LogP contribution is 2.35. The van der Waals surface area contributed by atoms with E-state index in [1.807, 2.05) is 0 Å². The van der Waals surface area contributed by atoms with Crippen LogP contribution in [0.4, 0.5) is 19.1 Å². The van der Waals surface area contributed by atoms with Crippen molar-refractivity contribution in [1.29, 1.82) is 0 Å². The van der Waals surface area contributed by atoms with Crippen molar-refractivity contribution in [3.05, 3.63) is 34.4 Å². The second-order valence-electron chi connectivity index (χ2n) is 5.87. The molecule has 0 spiro atoms. The second-order valence-corrected chi connectivity index (χ2v) is 8.23. The molecule has 1 aliphatic heterocycles. The number of hydrogen-bond acceptors (Lipinski definition) is 8. The van der Waals surface area contributed by atoms with Gasteiger partial charge in [0, 0.05) is 5.10 Å². The number of alkyl halides is 3. The Morgan fingerprint density at radius 1 is 1.30 bits per heavy atom. The summed E-state index contributed by atoms with van der Waals surface area (Å²) < 4.78 is 70.1. The van der Waals surface area contributed by atoms with Crippen LogP contribution in [0.25, 0.3) is 0 Å². The molecule has 0 radical (unpaired) electrons. The fourth-order valence-corrected chi connectivity index (χ4v) is 3.95. The first kappa shape index (κ1) is 18.9. The van der Waals surface area contributed by atoms with Crippen LogP contribution in [0.5, 0.6) is 11.5 Å². The summed E-state index contributed by atoms with van der Waals surface area (Å²) in [4.78, 5) is 13.2. The first-order valence-electron chi connectivity index (χ1n) is 7.24. The molecule has 0 saturated heterocycles. The summed E-state index contributed by atoms with van der Waals surface area (Å²) in [6.45, 7) is 0.764. The molecule has 0 amide bonds. The number of nitro groups is 1. The lowest BCUT2D eigenvalue weighted by Crippen LogP contribution is -2.40. The van der Waals surface area contributed by atoms with Crippen LogP contribution in [-0.4, -0.2) is 45.8 Å². The third-order valence-corrected chi connectivity index (χ3v) is 6.09. The van der Waals surface area contributed by atoms with Crippen LogP contribution >= 0.6 is 0 Å². The molecule has 146 valence electrons. The summed E-state index contributed by atoms with van der Waals surface area (Å²) in [7, 11) is -4.07. The number of benzene rings is 1. The number of aromatic nitrogens is 3. The summed E-state index contributed by atoms with van der Waals surface area (Å²) in [5.41, 5.74) is 0. The zero-order valence-corrected chi connectivity index (χ0v) is 14.3. The van der Waals surface area contributed by atoms with Gasteiger partial charge in [0.25, 0.3) is 0 Å². The van der Waals surface area contributed by atoms with Gasteiger partial charge in [-0.1, -0.05) is 0 Å². The van der Waals surface area contributed by atoms with Crippen molar-refractivity contribution in [1.82, 2.24) is 14.8 Å². The van der Waals surface area contributed by atoms with Crippen molar-refractivity contribution in [3.8, 4) is 11.5 Å². The maximum Gasteiger partial charge on any atom is 0.573 e. The minimum Gasteiger partial charge on any atom is -0.492 e. The van der Waals surface area contributed by atoms with Gasteiger partial charge in [0.05, 0.1) is 6.54 Å². The Kier molecular flexibility index (Phi) is 4.25. The molecule has 27 heavy (non-hydrogen) atoms. The van der Waals surface area contributed by atoms with Crippen LogP contribution in [-0.2, 0) is 16.4 Å². The summed E-state index contributed by atoms with van der Waals surface area (Å²) >= 11 is 0. The van der Waals surface area contributed by atoms with Crippen molar-refractivity contribution in [3.63, 3.8) is 0 Å². The normalized spacial score (nSPS) is 20.9. The average molecular weight is 408 g/mol. The predicted octanol–water partition coefficient (Wildman–Crippen LogP) is 1.71. The minimum absolute atomic E-state index is 0.115. The van der Waals surface area contributed by atoms with Crippen LogP contribution < -0.4 is 9.47 Å². The molecule has 10 nitrogen and oxygen atoms in total. The van der Waals surface area contributed by atoms with E-state index in [1.165, 1.54) is 19.1 Å². The molecule has 2 heterocycles. The summed E-state index contributed by atoms with van der Waals surface area (Å²) in [5, 5.41) is 13.7. The van der Waals surface area contributed by atoms with Gasteiger partial charge in [0.1, 0.15) is 22.9 Å². The van der Waals surface area contributed by atoms with Crippen LogP contribution in [0.3, 0.4) is 0 Å². The number of rotatable bonds is 5. The molecule has 1 unspecified atom stereocenters. The van der Waals surface area contributed by atoms with E-state index < -0.39 is 42.7 Å². The van der Waals surface area contributed by atoms with Gasteiger partial charge in [-0.3, -0.25) is 0 Å². The van der Waals surface area contributed by atoms with Gasteiger partial charge in [-0.2, -0.15) is 4.68 Å². The highest BCUT2D eigenvalue weighted by Gasteiger charge is 2.55. The maximum atomic E-state index is 12.6. The Balaban J connectivity index is 1.72. The zero-order valence-electron chi connectivity index (χ0n) is 13.5. The lowest BCUT2D eigenvalue weighted by molar-refractivity contribution is -0.394. The largest absolute Gasteiger partial charge is 0.573 e. The highest BCUT2D eigenvalue weighted by molar-refractivity contribution is 7.92. The van der Waals surface area contributed by atoms with Crippen LogP contribution in [0.15, 0.2) is 29.4 Å². The van der Waals surface area contributed by atoms with Gasteiger partial charge in [0.15, 0.2) is 0 Å². The molecular formula is C13H11F3N4O6S. The molecule has 2 aromatic rings. The first-order valence-corrected chi connectivity index (χ1v) is 8.72. The van der Waals surface area contributed by atoms with Gasteiger partial charge >= 0.3 is 17.5 Å². The summed E-state index contributed by atoms with van der Waals surface area (Å²) in [6.07, 6.45) is -4.83. The molecule has 1 aromatic heterocycles. The van der Waals surface area contributed by atoms with Crippen molar-refractivity contribution in [2.24, 2.45) is 0 Å². The summed E-state index contributed by atoms with van der Waals surface area (Å²) in [5.74, 6) is -1.16. The maximum absolute atomic E-state index is 12.6. The molecule has 14 heteroatoms. The SMILES string of the molecule is CC1(COc2ccc(OC(F)(F)F)cc2)Cn2nc([N+](=O)[O-])nc2S1(=O)=O. The smallest absolute Gasteiger partial charge is 0.492 e. The Labute approximate surface area is 149 Å². The Morgan fingerprint density at radius 2 is 1.89 bits per heavy atom. The lowest BCUT2D eigenvalue weighted by atomic mass is 10.2. The quantitative estimate of drug-likeness (QED) is 0.541. The van der Waals surface area contributed by atoms with E-state index in [0.29, 0.717) is 0 Å². The van der Waals surface area contributed by atoms with Crippen LogP contribution in [0.2, 0.25) is 0 Å². The summed E-state index contributed by atoms with van der Waals surface area (Å²) in [6, 6.07) is 4.41. The Bertz CT molecular complexity index is 988. The standard InChI is InChI=1S/C13H11F3N4O6S/c1-12(6-19-11(27(12,23)24)17-10(18-19)20(21)22)7-25-8-2-4-9(5-3-8)26-13(14,15)16/h2-5H,6-7H2,1H3. The number of ether oxygens (including phenoxy) is 2. The van der Waals surface area contributed by atoms with Gasteiger partial charge < -0.3 is 19.6 Å². The molecule has 0 saturated carbocycles. The first-order chi connectivity index (χ1) is 12.4. The molecule has 0 N–H and O–H groups in total. The van der Waals surface area contributed by atoms with Crippen molar-refractivity contribution < 1.29 is 36.0 Å². The van der Waals surface area contributed by atoms with Crippen molar-refractivity contribution in [2.75, 3.05) is 6.61 Å². The fraction of sp³-hybridized carbons (Fsp3) is 0.385. The monoisotopic (exact) mass is 408 g/mol. The molecule has 3 rings (SSSR count). The Morgan fingerprint density at radius 3 is 2.41 bits per heavy atom. The molecule has 0 aliphatic carbocycles. The molecule has 1 aliphatic rings. The topological polar surface area (TPSA) is 126 Å². The van der Waals surface area contributed by atoms with Gasteiger partial charge in [-0.15, -0.1) is 13.2 Å². The molecule has 1 atom stereocenters. The minimum atomic E-state index is -4.83. The lowest BCUT2D eigenvalue weighted by Gasteiger charge is -2.21. The Hall–Kier alpha value is -2.90. The van der Waals surface area contributed by atoms with E-state index in [1.54, 1.807) is 0 Å². The molecular weight excluding hydrogens is 397 g/mol. The predicted molar refractivity (Wildman–Crippen MR) is 80.9 cm³/mol. The fourth-order valence-electron chi connectivity index (χ4n) is 2.41. The third-order valence-electron chi connectivity index (χ3n) is 3.76. The highest BCUT2D eigenvalue weighted by atomic mass is 32.2. The van der Waals surface area contributed by atoms with Crippen LogP contribution in [0, 0.1) is 10.1 Å². The van der Waals surface area contributed by atoms with E-state index in [-0.39, 0.29) is 18.9 Å². The molecule has 0 fully saturated rings. The number of fused-ring (bicyclic) bond motifs is 1. The van der Waals surface area contributed by atoms with Gasteiger partial charge in [-0.05, 0) is 41.1 Å². The van der Waals surface area contributed by atoms with E-state index in [2.05, 4.69) is 14.8 Å². The van der Waals surface area contributed by atoms with Gasteiger partial charge in [0.2, 0.25) is 9.84 Å². The van der Waals surface area contributed by atoms with Crippen LogP contribution in [0.1, 0.15) is 6.92 Å². The number of hydrogen-bond donors (Lipinski definition) is 0. The van der Waals surface area contributed by atoms with Crippen molar-refractivity contribution >= 4 is 15.8 Å². The van der Waals surface area contributed by atoms with Crippen molar-refractivity contribution in [2.45, 2.75) is 29.7 Å². The van der Waals surface area contributed by atoms with E-state index >= 15 is 0 Å². The average Bonchev–Trinajstić information content (AvgIpc) is 3.03. The van der Waals surface area contributed by atoms with Gasteiger partial charge in [-0.25, -0.2) is 8.42 Å². The number of sulfone groups is 1. The van der Waals surface area contributed by atoms with E-state index in [4.69, 9.17) is 4.74 Å². The molecule has 1 aromatic carbocycles.